The van der Waals surface area contributed by atoms with Gasteiger partial charge in [0, 0.05) is 0 Å². The van der Waals surface area contributed by atoms with Crippen molar-refractivity contribution >= 4 is 5.82 Å². The number of hydrogen-bond donors (Lipinski definition) is 1. The molecule has 0 spiro atoms. The van der Waals surface area contributed by atoms with Crippen molar-refractivity contribution < 1.29 is 0 Å². The second-order valence-electron chi connectivity index (χ2n) is 3.22. The number of nitrogen functional groups attached to an aromatic ring is 1. The van der Waals surface area contributed by atoms with Gasteiger partial charge in [0.15, 0.2) is 5.82 Å². The van der Waals surface area contributed by atoms with E-state index in [0.29, 0.717) is 11.7 Å². The van der Waals surface area contributed by atoms with E-state index in [1.54, 1.807) is 11.0 Å². The second-order valence-corrected chi connectivity index (χ2v) is 3.22. The Hall–Kier alpha value is -1.06. The molecule has 0 fully saturated rings. The molecule has 1 heterocycles. The van der Waals surface area contributed by atoms with Crippen LogP contribution < -0.4 is 5.73 Å². The number of hydrogen-bond acceptors (Lipinski definition) is 3. The SMILES string of the molecule is CCCC(C)Cn1ncc(N)n1. The van der Waals surface area contributed by atoms with Gasteiger partial charge < -0.3 is 5.73 Å². The summed E-state index contributed by atoms with van der Waals surface area (Å²) >= 11 is 0. The smallest absolute Gasteiger partial charge is 0.165 e. The minimum atomic E-state index is 0.499. The van der Waals surface area contributed by atoms with E-state index in [4.69, 9.17) is 5.73 Å². The number of nitrogens with zero attached hydrogens (tertiary/aromatic N) is 3. The van der Waals surface area contributed by atoms with Crippen LogP contribution in [0.2, 0.25) is 0 Å². The molecule has 1 aromatic heterocycles. The summed E-state index contributed by atoms with van der Waals surface area (Å²) in [6, 6.07) is 0. The van der Waals surface area contributed by atoms with Crippen LogP contribution in [0.25, 0.3) is 0 Å². The van der Waals surface area contributed by atoms with Gasteiger partial charge in [-0.1, -0.05) is 20.3 Å². The van der Waals surface area contributed by atoms with Gasteiger partial charge in [0.1, 0.15) is 0 Å². The van der Waals surface area contributed by atoms with Gasteiger partial charge in [-0.25, -0.2) is 0 Å². The molecule has 1 rings (SSSR count). The largest absolute Gasteiger partial charge is 0.381 e. The highest BCUT2D eigenvalue weighted by molar-refractivity contribution is 5.19. The maximum atomic E-state index is 5.43. The van der Waals surface area contributed by atoms with E-state index in [1.165, 1.54) is 12.8 Å². The Morgan fingerprint density at radius 2 is 2.42 bits per heavy atom. The van der Waals surface area contributed by atoms with Crippen LogP contribution in [0.1, 0.15) is 26.7 Å². The van der Waals surface area contributed by atoms with Crippen molar-refractivity contribution in [2.45, 2.75) is 33.2 Å². The average molecular weight is 168 g/mol. The summed E-state index contributed by atoms with van der Waals surface area (Å²) < 4.78 is 0. The Morgan fingerprint density at radius 3 is 2.92 bits per heavy atom. The number of anilines is 1. The first kappa shape index (κ1) is 9.03. The van der Waals surface area contributed by atoms with E-state index < -0.39 is 0 Å². The molecule has 1 atom stereocenters. The molecule has 2 N–H and O–H groups in total. The number of nitrogens with two attached hydrogens (primary N) is 1. The van der Waals surface area contributed by atoms with Crippen molar-refractivity contribution in [3.8, 4) is 0 Å². The molecular formula is C8H16N4. The summed E-state index contributed by atoms with van der Waals surface area (Å²) in [7, 11) is 0. The van der Waals surface area contributed by atoms with Gasteiger partial charge in [0.05, 0.1) is 12.7 Å². The lowest BCUT2D eigenvalue weighted by Gasteiger charge is -2.07. The molecule has 0 radical (unpaired) electrons. The third kappa shape index (κ3) is 2.53. The molecule has 0 aliphatic carbocycles. The van der Waals surface area contributed by atoms with E-state index in [9.17, 15) is 0 Å². The molecule has 0 aliphatic rings. The molecule has 4 heteroatoms. The van der Waals surface area contributed by atoms with Crippen LogP contribution >= 0.6 is 0 Å². The zero-order valence-electron chi connectivity index (χ0n) is 7.70. The molecule has 0 bridgehead atoms. The van der Waals surface area contributed by atoms with E-state index in [-0.39, 0.29) is 0 Å². The summed E-state index contributed by atoms with van der Waals surface area (Å²) in [4.78, 5) is 1.66. The van der Waals surface area contributed by atoms with E-state index in [1.807, 2.05) is 0 Å². The van der Waals surface area contributed by atoms with Crippen molar-refractivity contribution in [1.82, 2.24) is 15.0 Å². The molecular weight excluding hydrogens is 152 g/mol. The lowest BCUT2D eigenvalue weighted by Crippen LogP contribution is -2.10. The Labute approximate surface area is 72.8 Å². The van der Waals surface area contributed by atoms with Crippen LogP contribution in [0.3, 0.4) is 0 Å². The molecule has 0 saturated carbocycles. The monoisotopic (exact) mass is 168 g/mol. The summed E-state index contributed by atoms with van der Waals surface area (Å²) in [6.45, 7) is 5.25. The fourth-order valence-corrected chi connectivity index (χ4v) is 1.26. The molecule has 1 unspecified atom stereocenters. The zero-order valence-corrected chi connectivity index (χ0v) is 7.70. The predicted molar refractivity (Wildman–Crippen MR) is 48.5 cm³/mol. The topological polar surface area (TPSA) is 56.7 Å². The number of aromatic nitrogens is 3. The first-order valence-electron chi connectivity index (χ1n) is 4.38. The lowest BCUT2D eigenvalue weighted by molar-refractivity contribution is 0.390. The first-order chi connectivity index (χ1) is 5.72. The van der Waals surface area contributed by atoms with Gasteiger partial charge in [-0.2, -0.15) is 9.90 Å². The second kappa shape index (κ2) is 4.09. The summed E-state index contributed by atoms with van der Waals surface area (Å²) in [6.07, 6.45) is 4.00. The van der Waals surface area contributed by atoms with Crippen LogP contribution in [0, 0.1) is 5.92 Å². The minimum absolute atomic E-state index is 0.499. The van der Waals surface area contributed by atoms with Crippen LogP contribution in [-0.4, -0.2) is 15.0 Å². The standard InChI is InChI=1S/C8H16N4/c1-3-4-7(2)6-12-10-5-8(9)11-12/h5,7H,3-4,6H2,1-2H3,(H2,9,11). The van der Waals surface area contributed by atoms with Crippen LogP contribution in [-0.2, 0) is 6.54 Å². The maximum absolute atomic E-state index is 5.43. The molecule has 0 saturated heterocycles. The van der Waals surface area contributed by atoms with Crippen molar-refractivity contribution in [1.29, 1.82) is 0 Å². The van der Waals surface area contributed by atoms with E-state index in [2.05, 4.69) is 24.0 Å². The quantitative estimate of drug-likeness (QED) is 0.737. The predicted octanol–water partition coefficient (Wildman–Crippen LogP) is 1.30. The summed E-state index contributed by atoms with van der Waals surface area (Å²) in [5.41, 5.74) is 5.43. The van der Waals surface area contributed by atoms with Crippen molar-refractivity contribution in [2.24, 2.45) is 5.92 Å². The molecule has 0 aromatic carbocycles. The maximum Gasteiger partial charge on any atom is 0.165 e. The normalized spacial score (nSPS) is 13.2. The first-order valence-corrected chi connectivity index (χ1v) is 4.38. The van der Waals surface area contributed by atoms with Gasteiger partial charge in [-0.15, -0.1) is 5.10 Å². The average Bonchev–Trinajstić information content (AvgIpc) is 2.36. The highest BCUT2D eigenvalue weighted by atomic mass is 15.5. The Bertz CT molecular complexity index is 231. The van der Waals surface area contributed by atoms with Crippen LogP contribution in [0.4, 0.5) is 5.82 Å². The van der Waals surface area contributed by atoms with Gasteiger partial charge in [0.25, 0.3) is 0 Å². The summed E-state index contributed by atoms with van der Waals surface area (Å²) in [5, 5.41) is 8.03. The van der Waals surface area contributed by atoms with E-state index >= 15 is 0 Å². The van der Waals surface area contributed by atoms with Crippen LogP contribution in [0.15, 0.2) is 6.20 Å². The molecule has 1 aromatic rings. The van der Waals surface area contributed by atoms with Gasteiger partial charge in [0.2, 0.25) is 0 Å². The Kier molecular flexibility index (Phi) is 3.08. The fraction of sp³-hybridized carbons (Fsp3) is 0.750. The third-order valence-corrected chi connectivity index (χ3v) is 1.81. The lowest BCUT2D eigenvalue weighted by atomic mass is 10.1. The number of rotatable bonds is 4. The Morgan fingerprint density at radius 1 is 1.67 bits per heavy atom. The van der Waals surface area contributed by atoms with Crippen molar-refractivity contribution in [3.63, 3.8) is 0 Å². The minimum Gasteiger partial charge on any atom is -0.381 e. The van der Waals surface area contributed by atoms with Gasteiger partial charge >= 0.3 is 0 Å². The molecule has 0 amide bonds. The van der Waals surface area contributed by atoms with Crippen LogP contribution in [0.5, 0.6) is 0 Å². The molecule has 0 aliphatic heterocycles. The van der Waals surface area contributed by atoms with E-state index in [0.717, 1.165) is 6.54 Å². The highest BCUT2D eigenvalue weighted by Crippen LogP contribution is 2.06. The highest BCUT2D eigenvalue weighted by Gasteiger charge is 2.03. The van der Waals surface area contributed by atoms with Crippen molar-refractivity contribution in [3.05, 3.63) is 6.20 Å². The molecule has 4 nitrogen and oxygen atoms in total. The Balaban J connectivity index is 2.41. The molecule has 12 heavy (non-hydrogen) atoms. The summed E-state index contributed by atoms with van der Waals surface area (Å²) in [5.74, 6) is 1.13. The van der Waals surface area contributed by atoms with Gasteiger partial charge in [-0.05, 0) is 12.3 Å². The third-order valence-electron chi connectivity index (χ3n) is 1.81. The zero-order chi connectivity index (χ0) is 8.97. The molecule has 68 valence electrons. The van der Waals surface area contributed by atoms with Gasteiger partial charge in [-0.3, -0.25) is 0 Å². The van der Waals surface area contributed by atoms with Crippen molar-refractivity contribution in [2.75, 3.05) is 5.73 Å². The fourth-order valence-electron chi connectivity index (χ4n) is 1.26.